The fraction of sp³-hybridized carbons (Fsp3) is 0.0556. The van der Waals surface area contributed by atoms with Gasteiger partial charge in [-0.05, 0) is 42.0 Å². The van der Waals surface area contributed by atoms with Crippen LogP contribution in [0.25, 0.3) is 11.1 Å². The molecule has 0 atom stereocenters. The highest BCUT2D eigenvalue weighted by Crippen LogP contribution is 2.27. The number of halogens is 1. The molecule has 6 heteroatoms. The van der Waals surface area contributed by atoms with Gasteiger partial charge in [0.05, 0.1) is 5.56 Å². The molecule has 0 aliphatic carbocycles. The molecule has 3 aromatic carbocycles. The Morgan fingerprint density at radius 1 is 0.875 bits per heavy atom. The number of amides is 1. The molecule has 2 N–H and O–H groups in total. The Balaban J connectivity index is 1.87. The van der Waals surface area contributed by atoms with Gasteiger partial charge >= 0.3 is 0 Å². The van der Waals surface area contributed by atoms with Crippen LogP contribution >= 0.6 is 11.6 Å². The molecule has 3 rings (SSSR count). The standard InChI is InChI=1S/C18H13ClN2O3/c1-10(22)20-13-6-8-14(9-7-13)21-16-15(17(23)18(16)24)11-2-4-12(19)5-3-11/h2-9,21H,1H3,(H,20,22). The quantitative estimate of drug-likeness (QED) is 0.714. The average Bonchev–Trinajstić information content (AvgIpc) is 2.56. The van der Waals surface area contributed by atoms with E-state index in [0.717, 1.165) is 0 Å². The second-order valence-electron chi connectivity index (χ2n) is 5.30. The molecule has 120 valence electrons. The number of carbonyl (C=O) groups excluding carboxylic acids is 1. The van der Waals surface area contributed by atoms with Gasteiger partial charge in [0.15, 0.2) is 0 Å². The normalized spacial score (nSPS) is 10.6. The monoisotopic (exact) mass is 340 g/mol. The van der Waals surface area contributed by atoms with Gasteiger partial charge in [-0.2, -0.15) is 0 Å². The first kappa shape index (κ1) is 16.0. The Hall–Kier alpha value is -2.92. The average molecular weight is 341 g/mol. The molecule has 0 saturated heterocycles. The van der Waals surface area contributed by atoms with Gasteiger partial charge in [-0.1, -0.05) is 23.7 Å². The van der Waals surface area contributed by atoms with Crippen molar-refractivity contribution >= 4 is 34.6 Å². The highest BCUT2D eigenvalue weighted by atomic mass is 35.5. The predicted molar refractivity (Wildman–Crippen MR) is 95.8 cm³/mol. The number of carbonyl (C=O) groups is 1. The third-order valence-corrected chi connectivity index (χ3v) is 3.77. The Kier molecular flexibility index (Phi) is 4.18. The zero-order valence-electron chi connectivity index (χ0n) is 12.7. The third-order valence-electron chi connectivity index (χ3n) is 3.52. The van der Waals surface area contributed by atoms with Crippen LogP contribution in [-0.2, 0) is 4.79 Å². The summed E-state index contributed by atoms with van der Waals surface area (Å²) in [7, 11) is 0. The topological polar surface area (TPSA) is 75.3 Å². The molecule has 3 aromatic rings. The molecule has 24 heavy (non-hydrogen) atoms. The van der Waals surface area contributed by atoms with Crippen LogP contribution in [0.4, 0.5) is 17.1 Å². The van der Waals surface area contributed by atoms with E-state index < -0.39 is 10.9 Å². The molecule has 0 saturated carbocycles. The molecule has 0 heterocycles. The first-order chi connectivity index (χ1) is 11.5. The van der Waals surface area contributed by atoms with Crippen LogP contribution in [-0.4, -0.2) is 5.91 Å². The van der Waals surface area contributed by atoms with E-state index in [2.05, 4.69) is 10.6 Å². The molecule has 0 aliphatic rings. The first-order valence-electron chi connectivity index (χ1n) is 7.19. The van der Waals surface area contributed by atoms with Crippen molar-refractivity contribution in [1.29, 1.82) is 0 Å². The number of hydrogen-bond donors (Lipinski definition) is 2. The van der Waals surface area contributed by atoms with E-state index in [1.807, 2.05) is 0 Å². The number of rotatable bonds is 4. The van der Waals surface area contributed by atoms with Gasteiger partial charge in [0.1, 0.15) is 5.69 Å². The molecule has 1 amide bonds. The molecule has 0 aliphatic heterocycles. The van der Waals surface area contributed by atoms with Crippen molar-refractivity contribution in [3.63, 3.8) is 0 Å². The van der Waals surface area contributed by atoms with Crippen molar-refractivity contribution in [3.8, 4) is 11.1 Å². The molecule has 0 unspecified atom stereocenters. The summed E-state index contributed by atoms with van der Waals surface area (Å²) < 4.78 is 0. The van der Waals surface area contributed by atoms with Gasteiger partial charge in [0.2, 0.25) is 11.3 Å². The molecule has 0 radical (unpaired) electrons. The smallest absolute Gasteiger partial charge is 0.250 e. The maximum atomic E-state index is 11.9. The minimum absolute atomic E-state index is 0.164. The highest BCUT2D eigenvalue weighted by Gasteiger charge is 2.22. The summed E-state index contributed by atoms with van der Waals surface area (Å²) in [5.41, 5.74) is 1.47. The number of benzene rings is 2. The van der Waals surface area contributed by atoms with Crippen molar-refractivity contribution in [2.75, 3.05) is 10.6 Å². The van der Waals surface area contributed by atoms with Crippen LogP contribution in [0.5, 0.6) is 0 Å². The predicted octanol–water partition coefficient (Wildman–Crippen LogP) is 3.31. The van der Waals surface area contributed by atoms with E-state index in [1.165, 1.54) is 6.92 Å². The molecule has 0 spiro atoms. The van der Waals surface area contributed by atoms with E-state index in [9.17, 15) is 14.4 Å². The van der Waals surface area contributed by atoms with Gasteiger partial charge in [-0.15, -0.1) is 0 Å². The minimum atomic E-state index is -0.550. The summed E-state index contributed by atoms with van der Waals surface area (Å²) in [6.07, 6.45) is 0. The van der Waals surface area contributed by atoms with Crippen LogP contribution in [0.3, 0.4) is 0 Å². The molecular formula is C18H13ClN2O3. The Labute approximate surface area is 142 Å². The Bertz CT molecular complexity index is 969. The SMILES string of the molecule is CC(=O)Nc1ccc(Nc2c(-c3ccc(Cl)cc3)c(=O)c2=O)cc1. The largest absolute Gasteiger partial charge is 0.352 e. The van der Waals surface area contributed by atoms with Crippen LogP contribution in [0.15, 0.2) is 58.1 Å². The Morgan fingerprint density at radius 3 is 2.04 bits per heavy atom. The minimum Gasteiger partial charge on any atom is -0.352 e. The molecule has 0 aromatic heterocycles. The van der Waals surface area contributed by atoms with E-state index in [1.54, 1.807) is 48.5 Å². The van der Waals surface area contributed by atoms with Crippen LogP contribution in [0.1, 0.15) is 6.92 Å². The van der Waals surface area contributed by atoms with Gasteiger partial charge in [0.25, 0.3) is 5.43 Å². The lowest BCUT2D eigenvalue weighted by molar-refractivity contribution is -0.114. The fourth-order valence-electron chi connectivity index (χ4n) is 2.39. The summed E-state index contributed by atoms with van der Waals surface area (Å²) >= 11 is 5.85. The van der Waals surface area contributed by atoms with E-state index in [4.69, 9.17) is 11.6 Å². The van der Waals surface area contributed by atoms with Gasteiger partial charge in [0, 0.05) is 23.3 Å². The van der Waals surface area contributed by atoms with Crippen LogP contribution in [0.2, 0.25) is 5.02 Å². The van der Waals surface area contributed by atoms with Gasteiger partial charge in [-0.25, -0.2) is 0 Å². The van der Waals surface area contributed by atoms with E-state index in [-0.39, 0.29) is 11.6 Å². The maximum Gasteiger partial charge on any atom is 0.250 e. The fourth-order valence-corrected chi connectivity index (χ4v) is 2.51. The van der Waals surface area contributed by atoms with E-state index in [0.29, 0.717) is 27.5 Å². The van der Waals surface area contributed by atoms with Crippen molar-refractivity contribution in [3.05, 3.63) is 74.0 Å². The summed E-state index contributed by atoms with van der Waals surface area (Å²) in [6.45, 7) is 1.42. The zero-order chi connectivity index (χ0) is 17.3. The van der Waals surface area contributed by atoms with E-state index >= 15 is 0 Å². The summed E-state index contributed by atoms with van der Waals surface area (Å²) in [6, 6.07) is 13.6. The number of nitrogens with one attached hydrogen (secondary N) is 2. The van der Waals surface area contributed by atoms with Crippen molar-refractivity contribution in [1.82, 2.24) is 0 Å². The summed E-state index contributed by atoms with van der Waals surface area (Å²) in [5, 5.41) is 6.18. The van der Waals surface area contributed by atoms with Crippen molar-refractivity contribution < 1.29 is 4.79 Å². The lowest BCUT2D eigenvalue weighted by Crippen LogP contribution is -2.35. The van der Waals surface area contributed by atoms with Gasteiger partial charge in [-0.3, -0.25) is 14.4 Å². The van der Waals surface area contributed by atoms with Gasteiger partial charge < -0.3 is 10.6 Å². The van der Waals surface area contributed by atoms with Crippen molar-refractivity contribution in [2.45, 2.75) is 6.92 Å². The lowest BCUT2D eigenvalue weighted by atomic mass is 9.98. The van der Waals surface area contributed by atoms with Crippen molar-refractivity contribution in [2.24, 2.45) is 0 Å². The summed E-state index contributed by atoms with van der Waals surface area (Å²) in [5.74, 6) is -0.164. The number of hydrogen-bond acceptors (Lipinski definition) is 4. The maximum absolute atomic E-state index is 11.9. The lowest BCUT2D eigenvalue weighted by Gasteiger charge is -2.14. The number of anilines is 3. The second-order valence-corrected chi connectivity index (χ2v) is 5.74. The van der Waals surface area contributed by atoms with Crippen LogP contribution in [0, 0.1) is 0 Å². The molecule has 0 bridgehead atoms. The third kappa shape index (κ3) is 3.07. The van der Waals surface area contributed by atoms with Crippen LogP contribution < -0.4 is 21.5 Å². The molecule has 5 nitrogen and oxygen atoms in total. The zero-order valence-corrected chi connectivity index (χ0v) is 13.5. The second kappa shape index (κ2) is 6.29. The Morgan fingerprint density at radius 2 is 1.46 bits per heavy atom. The first-order valence-corrected chi connectivity index (χ1v) is 7.57. The molecule has 0 fully saturated rings. The summed E-state index contributed by atoms with van der Waals surface area (Å²) in [4.78, 5) is 34.8. The highest BCUT2D eigenvalue weighted by molar-refractivity contribution is 6.30. The molecular weight excluding hydrogens is 328 g/mol.